The molecular formula is C70H128O6. The van der Waals surface area contributed by atoms with E-state index in [1.165, 1.54) is 244 Å². The Labute approximate surface area is 473 Å². The maximum atomic E-state index is 12.9. The molecule has 6 heteroatoms. The lowest BCUT2D eigenvalue weighted by Crippen LogP contribution is -2.30. The number of rotatable bonds is 62. The highest BCUT2D eigenvalue weighted by Crippen LogP contribution is 2.17. The van der Waals surface area contributed by atoms with E-state index in [0.717, 1.165) is 77.0 Å². The van der Waals surface area contributed by atoms with Crippen LogP contribution in [0.5, 0.6) is 0 Å². The summed E-state index contributed by atoms with van der Waals surface area (Å²) < 4.78 is 16.9. The number of esters is 3. The lowest BCUT2D eigenvalue weighted by molar-refractivity contribution is -0.167. The van der Waals surface area contributed by atoms with Crippen LogP contribution in [-0.2, 0) is 28.6 Å². The molecular weight excluding hydrogens is 937 g/mol. The molecule has 1 unspecified atom stereocenters. The third-order valence-corrected chi connectivity index (χ3v) is 15.0. The number of allylic oxidation sites excluding steroid dienone is 8. The number of ether oxygens (including phenoxy) is 3. The normalized spacial score (nSPS) is 12.3. The van der Waals surface area contributed by atoms with E-state index in [4.69, 9.17) is 14.2 Å². The minimum absolute atomic E-state index is 0.0736. The largest absolute Gasteiger partial charge is 0.462 e. The molecule has 0 heterocycles. The van der Waals surface area contributed by atoms with Crippen LogP contribution in [0.1, 0.15) is 361 Å². The van der Waals surface area contributed by atoms with Crippen molar-refractivity contribution >= 4 is 17.9 Å². The molecule has 0 aliphatic heterocycles. The Balaban J connectivity index is 4.17. The summed E-state index contributed by atoms with van der Waals surface area (Å²) in [4.78, 5) is 38.3. The van der Waals surface area contributed by atoms with Gasteiger partial charge in [-0.25, -0.2) is 0 Å². The Morgan fingerprint density at radius 1 is 0.263 bits per heavy atom. The van der Waals surface area contributed by atoms with Crippen molar-refractivity contribution in [3.05, 3.63) is 48.6 Å². The number of hydrogen-bond donors (Lipinski definition) is 0. The van der Waals surface area contributed by atoms with Gasteiger partial charge in [-0.2, -0.15) is 0 Å². The van der Waals surface area contributed by atoms with Crippen molar-refractivity contribution in [3.8, 4) is 0 Å². The molecule has 444 valence electrons. The first-order chi connectivity index (χ1) is 37.5. The van der Waals surface area contributed by atoms with Gasteiger partial charge >= 0.3 is 17.9 Å². The van der Waals surface area contributed by atoms with Crippen molar-refractivity contribution in [1.29, 1.82) is 0 Å². The maximum Gasteiger partial charge on any atom is 0.306 e. The van der Waals surface area contributed by atoms with Gasteiger partial charge in [0.2, 0.25) is 0 Å². The van der Waals surface area contributed by atoms with Gasteiger partial charge in [0.15, 0.2) is 6.10 Å². The van der Waals surface area contributed by atoms with Crippen LogP contribution in [0.4, 0.5) is 0 Å². The molecule has 0 aliphatic carbocycles. The van der Waals surface area contributed by atoms with Gasteiger partial charge in [-0.3, -0.25) is 14.4 Å². The summed E-state index contributed by atoms with van der Waals surface area (Å²) in [6, 6.07) is 0. The summed E-state index contributed by atoms with van der Waals surface area (Å²) >= 11 is 0. The third kappa shape index (κ3) is 62.2. The number of hydrogen-bond acceptors (Lipinski definition) is 6. The summed E-state index contributed by atoms with van der Waals surface area (Å²) in [5.41, 5.74) is 0. The van der Waals surface area contributed by atoms with Gasteiger partial charge in [0.05, 0.1) is 0 Å². The Morgan fingerprint density at radius 2 is 0.500 bits per heavy atom. The molecule has 0 spiro atoms. The molecule has 0 saturated carbocycles. The van der Waals surface area contributed by atoms with Gasteiger partial charge < -0.3 is 14.2 Å². The fourth-order valence-electron chi connectivity index (χ4n) is 9.94. The van der Waals surface area contributed by atoms with Crippen molar-refractivity contribution in [2.75, 3.05) is 13.2 Å². The van der Waals surface area contributed by atoms with Crippen LogP contribution < -0.4 is 0 Å². The Bertz CT molecular complexity index is 1310. The average Bonchev–Trinajstić information content (AvgIpc) is 3.42. The van der Waals surface area contributed by atoms with Gasteiger partial charge in [-0.15, -0.1) is 0 Å². The van der Waals surface area contributed by atoms with Crippen molar-refractivity contribution < 1.29 is 28.6 Å². The van der Waals surface area contributed by atoms with Crippen molar-refractivity contribution in [1.82, 2.24) is 0 Å². The van der Waals surface area contributed by atoms with Crippen LogP contribution in [0.3, 0.4) is 0 Å². The summed E-state index contributed by atoms with van der Waals surface area (Å²) in [6.07, 6.45) is 81.4. The molecule has 0 aliphatic rings. The molecule has 76 heavy (non-hydrogen) atoms. The third-order valence-electron chi connectivity index (χ3n) is 15.0. The maximum absolute atomic E-state index is 12.9. The lowest BCUT2D eigenvalue weighted by atomic mass is 10.0. The Hall–Kier alpha value is -2.63. The fraction of sp³-hybridized carbons (Fsp3) is 0.843. The van der Waals surface area contributed by atoms with Gasteiger partial charge in [0.25, 0.3) is 0 Å². The highest BCUT2D eigenvalue weighted by atomic mass is 16.6. The fourth-order valence-corrected chi connectivity index (χ4v) is 9.94. The van der Waals surface area contributed by atoms with E-state index in [-0.39, 0.29) is 31.1 Å². The summed E-state index contributed by atoms with van der Waals surface area (Å²) in [7, 11) is 0. The van der Waals surface area contributed by atoms with Crippen LogP contribution in [-0.4, -0.2) is 37.2 Å². The Kier molecular flexibility index (Phi) is 62.6. The Morgan fingerprint density at radius 3 is 0.789 bits per heavy atom. The van der Waals surface area contributed by atoms with Crippen molar-refractivity contribution in [3.63, 3.8) is 0 Å². The molecule has 0 aromatic heterocycles. The minimum Gasteiger partial charge on any atom is -0.462 e. The molecule has 0 aromatic carbocycles. The standard InChI is InChI=1S/C70H128O6/c1-4-7-10-13-16-19-22-24-26-28-30-32-33-34-35-36-37-39-40-42-44-46-48-51-54-57-60-63-69(72)75-66-67(65-74-68(71)62-59-56-53-50-21-18-15-12-9-6-3)76-70(73)64-61-58-55-52-49-47-45-43-41-38-31-29-27-25-23-20-17-14-11-8-5-2/h12,15,22,24,28-31,67H,4-11,13-14,16-21,23,25-27,32-66H2,1-3H3/b15-12-,24-22-,30-28-,31-29-. The second kappa shape index (κ2) is 64.9. The summed E-state index contributed by atoms with van der Waals surface area (Å²) in [6.45, 7) is 6.61. The van der Waals surface area contributed by atoms with Crippen LogP contribution in [0, 0.1) is 0 Å². The van der Waals surface area contributed by atoms with Gasteiger partial charge in [-0.05, 0) is 96.3 Å². The lowest BCUT2D eigenvalue weighted by Gasteiger charge is -2.18. The van der Waals surface area contributed by atoms with E-state index in [9.17, 15) is 14.4 Å². The highest BCUT2D eigenvalue weighted by molar-refractivity contribution is 5.71. The van der Waals surface area contributed by atoms with Crippen LogP contribution in [0.2, 0.25) is 0 Å². The molecule has 0 fully saturated rings. The molecule has 0 bridgehead atoms. The van der Waals surface area contributed by atoms with E-state index in [2.05, 4.69) is 69.4 Å². The topological polar surface area (TPSA) is 78.9 Å². The molecule has 0 N–H and O–H groups in total. The van der Waals surface area contributed by atoms with Gasteiger partial charge in [0, 0.05) is 19.3 Å². The van der Waals surface area contributed by atoms with Crippen LogP contribution in [0.15, 0.2) is 48.6 Å². The van der Waals surface area contributed by atoms with Crippen LogP contribution in [0.25, 0.3) is 0 Å². The predicted octanol–water partition coefficient (Wildman–Crippen LogP) is 22.9. The van der Waals surface area contributed by atoms with Gasteiger partial charge in [-0.1, -0.05) is 294 Å². The van der Waals surface area contributed by atoms with Crippen molar-refractivity contribution in [2.45, 2.75) is 367 Å². The molecule has 0 aromatic rings. The zero-order valence-corrected chi connectivity index (χ0v) is 51.0. The van der Waals surface area contributed by atoms with E-state index in [1.807, 2.05) is 0 Å². The number of unbranched alkanes of at least 4 members (excludes halogenated alkanes) is 43. The van der Waals surface area contributed by atoms with E-state index in [1.54, 1.807) is 0 Å². The second-order valence-corrected chi connectivity index (χ2v) is 22.7. The molecule has 0 rings (SSSR count). The van der Waals surface area contributed by atoms with E-state index >= 15 is 0 Å². The predicted molar refractivity (Wildman–Crippen MR) is 330 cm³/mol. The van der Waals surface area contributed by atoms with E-state index in [0.29, 0.717) is 19.3 Å². The molecule has 0 amide bonds. The zero-order valence-electron chi connectivity index (χ0n) is 51.0. The first kappa shape index (κ1) is 73.4. The van der Waals surface area contributed by atoms with Crippen molar-refractivity contribution in [2.24, 2.45) is 0 Å². The number of carbonyl (C=O) groups is 3. The first-order valence-corrected chi connectivity index (χ1v) is 33.6. The smallest absolute Gasteiger partial charge is 0.306 e. The second-order valence-electron chi connectivity index (χ2n) is 22.7. The molecule has 0 radical (unpaired) electrons. The quantitative estimate of drug-likeness (QED) is 0.0261. The van der Waals surface area contributed by atoms with Crippen LogP contribution >= 0.6 is 0 Å². The summed E-state index contributed by atoms with van der Waals surface area (Å²) in [5.74, 6) is -0.867. The van der Waals surface area contributed by atoms with Gasteiger partial charge in [0.1, 0.15) is 13.2 Å². The number of carbonyl (C=O) groups excluding carboxylic acids is 3. The monoisotopic (exact) mass is 1060 g/mol. The first-order valence-electron chi connectivity index (χ1n) is 33.6. The molecule has 6 nitrogen and oxygen atoms in total. The summed E-state index contributed by atoms with van der Waals surface area (Å²) in [5, 5.41) is 0. The average molecular weight is 1070 g/mol. The zero-order chi connectivity index (χ0) is 55.0. The van der Waals surface area contributed by atoms with E-state index < -0.39 is 6.10 Å². The minimum atomic E-state index is -0.776. The highest BCUT2D eigenvalue weighted by Gasteiger charge is 2.19. The molecule has 1 atom stereocenters. The molecule has 0 saturated heterocycles. The SMILES string of the molecule is CCC/C=C\CCCCCCCC(=O)OCC(COC(=O)CCCCCCCCCCCCCCCCC/C=C\C/C=C\CCCCCCC)OC(=O)CCCCCCCCCCC/C=C\CCCCCCCCCC.